The quantitative estimate of drug-likeness (QED) is 0.588. The molecule has 0 aliphatic carbocycles. The topological polar surface area (TPSA) is 12.5 Å². The summed E-state index contributed by atoms with van der Waals surface area (Å²) in [6.45, 7) is 2.92. The molecule has 1 aliphatic rings. The molecule has 2 heteroatoms. The standard InChI is InChI=1S/C9H9ClO/c1-6-4-7(10)2-3-8(6)9-5-11-9/h2-4,9H,5H2,1H3/t9-/m1/s1. The number of rotatable bonds is 1. The van der Waals surface area contributed by atoms with Gasteiger partial charge in [-0.3, -0.25) is 0 Å². The van der Waals surface area contributed by atoms with Crippen molar-refractivity contribution in [2.75, 3.05) is 6.61 Å². The molecule has 1 saturated heterocycles. The number of ether oxygens (including phenoxy) is 1. The second kappa shape index (κ2) is 2.50. The minimum absolute atomic E-state index is 0.340. The summed E-state index contributed by atoms with van der Waals surface area (Å²) in [5, 5.41) is 0.798. The molecule has 2 rings (SSSR count). The van der Waals surface area contributed by atoms with Crippen molar-refractivity contribution < 1.29 is 4.74 Å². The molecular weight excluding hydrogens is 160 g/mol. The molecule has 0 bridgehead atoms. The molecule has 0 N–H and O–H groups in total. The molecule has 1 atom stereocenters. The van der Waals surface area contributed by atoms with Gasteiger partial charge in [0.2, 0.25) is 0 Å². The number of hydrogen-bond acceptors (Lipinski definition) is 1. The fourth-order valence-corrected chi connectivity index (χ4v) is 1.45. The van der Waals surface area contributed by atoms with E-state index in [4.69, 9.17) is 16.3 Å². The summed E-state index contributed by atoms with van der Waals surface area (Å²) < 4.78 is 5.17. The lowest BCUT2D eigenvalue weighted by Crippen LogP contribution is -1.85. The number of hydrogen-bond donors (Lipinski definition) is 0. The summed E-state index contributed by atoms with van der Waals surface area (Å²) in [5.41, 5.74) is 2.49. The van der Waals surface area contributed by atoms with Crippen molar-refractivity contribution in [2.45, 2.75) is 13.0 Å². The van der Waals surface area contributed by atoms with Crippen molar-refractivity contribution in [1.82, 2.24) is 0 Å². The Morgan fingerprint density at radius 3 is 2.82 bits per heavy atom. The Kier molecular flexibility index (Phi) is 1.63. The van der Waals surface area contributed by atoms with Gasteiger partial charge >= 0.3 is 0 Å². The molecule has 1 aromatic rings. The van der Waals surface area contributed by atoms with E-state index in [2.05, 4.69) is 6.92 Å². The van der Waals surface area contributed by atoms with Gasteiger partial charge in [-0.05, 0) is 30.2 Å². The molecular formula is C9H9ClO. The molecule has 0 spiro atoms. The lowest BCUT2D eigenvalue weighted by molar-refractivity contribution is 0.415. The van der Waals surface area contributed by atoms with Crippen LogP contribution in [-0.4, -0.2) is 6.61 Å². The molecule has 0 unspecified atom stereocenters. The smallest absolute Gasteiger partial charge is 0.106 e. The van der Waals surface area contributed by atoms with Crippen molar-refractivity contribution in [3.8, 4) is 0 Å². The first-order chi connectivity index (χ1) is 5.27. The molecule has 1 aromatic carbocycles. The molecule has 1 aliphatic heterocycles. The third-order valence-electron chi connectivity index (χ3n) is 1.91. The lowest BCUT2D eigenvalue weighted by Gasteiger charge is -2.00. The Bertz CT molecular complexity index is 279. The maximum absolute atomic E-state index is 5.80. The SMILES string of the molecule is Cc1cc(Cl)ccc1[C@H]1CO1. The Labute approximate surface area is 70.9 Å². The summed E-state index contributed by atoms with van der Waals surface area (Å²) in [6.07, 6.45) is 0.340. The van der Waals surface area contributed by atoms with Crippen LogP contribution in [0.15, 0.2) is 18.2 Å². The number of aryl methyl sites for hydroxylation is 1. The summed E-state index contributed by atoms with van der Waals surface area (Å²) in [7, 11) is 0. The fraction of sp³-hybridized carbons (Fsp3) is 0.333. The number of halogens is 1. The van der Waals surface area contributed by atoms with Crippen molar-refractivity contribution >= 4 is 11.6 Å². The molecule has 58 valence electrons. The van der Waals surface area contributed by atoms with E-state index < -0.39 is 0 Å². The predicted molar refractivity (Wildman–Crippen MR) is 44.9 cm³/mol. The van der Waals surface area contributed by atoms with Gasteiger partial charge in [-0.15, -0.1) is 0 Å². The van der Waals surface area contributed by atoms with Crippen LogP contribution in [0.2, 0.25) is 5.02 Å². The van der Waals surface area contributed by atoms with Crippen LogP contribution >= 0.6 is 11.6 Å². The minimum Gasteiger partial charge on any atom is -0.368 e. The van der Waals surface area contributed by atoms with Gasteiger partial charge < -0.3 is 4.74 Å². The number of benzene rings is 1. The largest absolute Gasteiger partial charge is 0.368 e. The first-order valence-corrected chi connectivity index (χ1v) is 4.03. The first kappa shape index (κ1) is 7.14. The zero-order valence-corrected chi connectivity index (χ0v) is 7.06. The van der Waals surface area contributed by atoms with Crippen molar-refractivity contribution in [2.24, 2.45) is 0 Å². The van der Waals surface area contributed by atoms with Crippen LogP contribution in [0.25, 0.3) is 0 Å². The Morgan fingerprint density at radius 1 is 1.55 bits per heavy atom. The molecule has 1 heterocycles. The Morgan fingerprint density at radius 2 is 2.27 bits per heavy atom. The molecule has 11 heavy (non-hydrogen) atoms. The van der Waals surface area contributed by atoms with Gasteiger partial charge in [0.1, 0.15) is 6.10 Å². The summed E-state index contributed by atoms with van der Waals surface area (Å²) in [5.74, 6) is 0. The number of epoxide rings is 1. The third kappa shape index (κ3) is 1.39. The highest BCUT2D eigenvalue weighted by Crippen LogP contribution is 2.32. The van der Waals surface area contributed by atoms with E-state index in [1.807, 2.05) is 18.2 Å². The van der Waals surface area contributed by atoms with E-state index in [1.165, 1.54) is 11.1 Å². The second-order valence-corrected chi connectivity index (χ2v) is 3.26. The maximum Gasteiger partial charge on any atom is 0.106 e. The van der Waals surface area contributed by atoms with Crippen LogP contribution in [0.3, 0.4) is 0 Å². The van der Waals surface area contributed by atoms with Crippen LogP contribution in [0, 0.1) is 6.92 Å². The van der Waals surface area contributed by atoms with Gasteiger partial charge in [0.25, 0.3) is 0 Å². The van der Waals surface area contributed by atoms with E-state index in [-0.39, 0.29) is 0 Å². The fourth-order valence-electron chi connectivity index (χ4n) is 1.23. The monoisotopic (exact) mass is 168 g/mol. The van der Waals surface area contributed by atoms with Gasteiger partial charge in [0, 0.05) is 5.02 Å². The van der Waals surface area contributed by atoms with E-state index >= 15 is 0 Å². The lowest BCUT2D eigenvalue weighted by atomic mass is 10.1. The molecule has 0 aromatic heterocycles. The third-order valence-corrected chi connectivity index (χ3v) is 2.15. The van der Waals surface area contributed by atoms with E-state index in [0.29, 0.717) is 6.10 Å². The minimum atomic E-state index is 0.340. The summed E-state index contributed by atoms with van der Waals surface area (Å²) >= 11 is 5.80. The molecule has 1 nitrogen and oxygen atoms in total. The van der Waals surface area contributed by atoms with E-state index in [1.54, 1.807) is 0 Å². The van der Waals surface area contributed by atoms with E-state index in [0.717, 1.165) is 11.6 Å². The van der Waals surface area contributed by atoms with Gasteiger partial charge in [-0.25, -0.2) is 0 Å². The van der Waals surface area contributed by atoms with Crippen LogP contribution in [0.5, 0.6) is 0 Å². The zero-order valence-electron chi connectivity index (χ0n) is 6.30. The Hall–Kier alpha value is -0.530. The maximum atomic E-state index is 5.80. The van der Waals surface area contributed by atoms with Gasteiger partial charge in [0.05, 0.1) is 6.61 Å². The molecule has 0 amide bonds. The van der Waals surface area contributed by atoms with Crippen molar-refractivity contribution in [3.63, 3.8) is 0 Å². The van der Waals surface area contributed by atoms with Gasteiger partial charge in [-0.2, -0.15) is 0 Å². The highest BCUT2D eigenvalue weighted by molar-refractivity contribution is 6.30. The normalized spacial score (nSPS) is 21.8. The van der Waals surface area contributed by atoms with Crippen LogP contribution in [-0.2, 0) is 4.74 Å². The average molecular weight is 169 g/mol. The van der Waals surface area contributed by atoms with Crippen LogP contribution < -0.4 is 0 Å². The molecule has 1 fully saturated rings. The summed E-state index contributed by atoms with van der Waals surface area (Å²) in [4.78, 5) is 0. The van der Waals surface area contributed by atoms with E-state index in [9.17, 15) is 0 Å². The van der Waals surface area contributed by atoms with Crippen molar-refractivity contribution in [1.29, 1.82) is 0 Å². The van der Waals surface area contributed by atoms with Crippen molar-refractivity contribution in [3.05, 3.63) is 34.3 Å². The summed E-state index contributed by atoms with van der Waals surface area (Å²) in [6, 6.07) is 5.92. The molecule has 0 radical (unpaired) electrons. The van der Waals surface area contributed by atoms with Crippen LogP contribution in [0.1, 0.15) is 17.2 Å². The second-order valence-electron chi connectivity index (χ2n) is 2.82. The highest BCUT2D eigenvalue weighted by Gasteiger charge is 2.25. The average Bonchev–Trinajstić information content (AvgIpc) is 2.70. The zero-order chi connectivity index (χ0) is 7.84. The highest BCUT2D eigenvalue weighted by atomic mass is 35.5. The first-order valence-electron chi connectivity index (χ1n) is 3.65. The predicted octanol–water partition coefficient (Wildman–Crippen LogP) is 2.72. The Balaban J connectivity index is 2.39. The van der Waals surface area contributed by atoms with Crippen LogP contribution in [0.4, 0.5) is 0 Å². The van der Waals surface area contributed by atoms with Gasteiger partial charge in [0.15, 0.2) is 0 Å². The molecule has 0 saturated carbocycles. The van der Waals surface area contributed by atoms with Gasteiger partial charge in [-0.1, -0.05) is 17.7 Å².